The third-order valence-electron chi connectivity index (χ3n) is 7.79. The van der Waals surface area contributed by atoms with Crippen LogP contribution in [0.3, 0.4) is 0 Å². The minimum atomic E-state index is -3.44. The van der Waals surface area contributed by atoms with E-state index in [1.54, 1.807) is 0 Å². The van der Waals surface area contributed by atoms with Gasteiger partial charge in [-0.3, -0.25) is 4.70 Å². The van der Waals surface area contributed by atoms with Crippen LogP contribution in [-0.4, -0.2) is 25.7 Å². The minimum absolute atomic E-state index is 0. The Morgan fingerprint density at radius 2 is 0.372 bits per heavy atom. The second-order valence-electron chi connectivity index (χ2n) is 10.4. The van der Waals surface area contributed by atoms with Crippen LogP contribution in [0.2, 0.25) is 0 Å². The van der Waals surface area contributed by atoms with E-state index in [9.17, 15) is 0 Å². The summed E-state index contributed by atoms with van der Waals surface area (Å²) < 4.78 is 23.3. The fourth-order valence-corrected chi connectivity index (χ4v) is 22.7. The van der Waals surface area contributed by atoms with Crippen LogP contribution in [0.25, 0.3) is 0 Å². The zero-order valence-electron chi connectivity index (χ0n) is 23.5. The van der Waals surface area contributed by atoms with Crippen LogP contribution in [-0.2, 0) is 12.3 Å². The molecule has 0 atom stereocenters. The first-order valence-corrected chi connectivity index (χ1v) is 19.6. The molecule has 6 aromatic rings. The first-order chi connectivity index (χ1) is 20.8. The molecule has 1 fully saturated rings. The lowest BCUT2D eigenvalue weighted by atomic mass is 10.4. The van der Waals surface area contributed by atoms with Gasteiger partial charge in [0.15, 0.2) is 0 Å². The van der Waals surface area contributed by atoms with Gasteiger partial charge in [0.2, 0.25) is 0 Å². The highest BCUT2D eigenvalue weighted by molar-refractivity contribution is 7.16. The van der Waals surface area contributed by atoms with Crippen molar-refractivity contribution in [1.82, 2.24) is 0 Å². The molecule has 0 N–H and O–H groups in total. The minimum Gasteiger partial charge on any atom is -0.402 e. The topological polar surface area (TPSA) is 27.7 Å². The molecule has 0 saturated carbocycles. The standard InChI is InChI=1S/C36H30O3Si3.FH/c1-7-19-31(20-8-1)40(32-21-9-2-10-22-32)37-41(33-23-11-3-12-24-33,34-25-13-4-14-26-34)39-42(38-40,35-27-15-5-16-28-35)36-29-17-6-18-30-36;/h1-30H;1H. The molecule has 0 bridgehead atoms. The van der Waals surface area contributed by atoms with E-state index < -0.39 is 25.7 Å². The number of benzene rings is 6. The highest BCUT2D eigenvalue weighted by atomic mass is 28.5. The molecular formula is C36H31FO3Si3. The molecule has 3 nitrogen and oxygen atoms in total. The van der Waals surface area contributed by atoms with Crippen molar-refractivity contribution >= 4 is 56.8 Å². The van der Waals surface area contributed by atoms with Crippen LogP contribution < -0.4 is 31.1 Å². The van der Waals surface area contributed by atoms with Gasteiger partial charge in [-0.2, -0.15) is 0 Å². The van der Waals surface area contributed by atoms with Crippen LogP contribution in [0.4, 0.5) is 4.70 Å². The summed E-state index contributed by atoms with van der Waals surface area (Å²) in [7, 11) is -10.3. The lowest BCUT2D eigenvalue weighted by Crippen LogP contribution is -2.88. The molecule has 6 aromatic carbocycles. The molecule has 1 aliphatic heterocycles. The molecule has 7 rings (SSSR count). The van der Waals surface area contributed by atoms with Crippen LogP contribution >= 0.6 is 0 Å². The molecule has 43 heavy (non-hydrogen) atoms. The average Bonchev–Trinajstić information content (AvgIpc) is 3.10. The number of rotatable bonds is 6. The van der Waals surface area contributed by atoms with Gasteiger partial charge in [0, 0.05) is 0 Å². The zero-order chi connectivity index (χ0) is 28.3. The van der Waals surface area contributed by atoms with Gasteiger partial charge in [-0.05, 0) is 31.1 Å². The van der Waals surface area contributed by atoms with Crippen LogP contribution in [0, 0.1) is 0 Å². The largest absolute Gasteiger partial charge is 0.402 e. The second-order valence-corrected chi connectivity index (χ2v) is 20.0. The summed E-state index contributed by atoms with van der Waals surface area (Å²) in [6.45, 7) is 0. The number of hydrogen-bond donors (Lipinski definition) is 0. The predicted octanol–water partition coefficient (Wildman–Crippen LogP) is 3.97. The van der Waals surface area contributed by atoms with E-state index >= 15 is 0 Å². The van der Waals surface area contributed by atoms with E-state index in [0.717, 1.165) is 31.1 Å². The molecule has 0 amide bonds. The quantitative estimate of drug-likeness (QED) is 0.266. The van der Waals surface area contributed by atoms with Crippen molar-refractivity contribution in [2.24, 2.45) is 0 Å². The van der Waals surface area contributed by atoms with E-state index in [1.165, 1.54) is 0 Å². The highest BCUT2D eigenvalue weighted by Crippen LogP contribution is 2.31. The Balaban J connectivity index is 0.00000329. The molecule has 0 unspecified atom stereocenters. The second kappa shape index (κ2) is 12.2. The maximum Gasteiger partial charge on any atom is 0.390 e. The van der Waals surface area contributed by atoms with E-state index in [0.29, 0.717) is 0 Å². The van der Waals surface area contributed by atoms with Crippen molar-refractivity contribution in [2.75, 3.05) is 0 Å². The van der Waals surface area contributed by atoms with Crippen molar-refractivity contribution in [2.45, 2.75) is 0 Å². The fourth-order valence-electron chi connectivity index (χ4n) is 5.82. The van der Waals surface area contributed by atoms with Crippen molar-refractivity contribution in [3.63, 3.8) is 0 Å². The summed E-state index contributed by atoms with van der Waals surface area (Å²) in [5.74, 6) is 0. The monoisotopic (exact) mass is 614 g/mol. The molecular weight excluding hydrogens is 584 g/mol. The molecule has 0 aliphatic carbocycles. The molecule has 0 aromatic heterocycles. The van der Waals surface area contributed by atoms with Crippen molar-refractivity contribution in [3.05, 3.63) is 182 Å². The Kier molecular flexibility index (Phi) is 8.18. The van der Waals surface area contributed by atoms with Crippen LogP contribution in [0.15, 0.2) is 182 Å². The maximum absolute atomic E-state index is 7.77. The third kappa shape index (κ3) is 5.06. The van der Waals surface area contributed by atoms with E-state index in [2.05, 4.69) is 146 Å². The first-order valence-electron chi connectivity index (χ1n) is 14.2. The summed E-state index contributed by atoms with van der Waals surface area (Å²) >= 11 is 0. The summed E-state index contributed by atoms with van der Waals surface area (Å²) in [5.41, 5.74) is 0. The van der Waals surface area contributed by atoms with Gasteiger partial charge < -0.3 is 12.3 Å². The van der Waals surface area contributed by atoms with Gasteiger partial charge in [0.05, 0.1) is 0 Å². The average molecular weight is 615 g/mol. The Bertz CT molecular complexity index is 1400. The fraction of sp³-hybridized carbons (Fsp3) is 0. The predicted molar refractivity (Wildman–Crippen MR) is 179 cm³/mol. The lowest BCUT2D eigenvalue weighted by molar-refractivity contribution is 0.268. The normalized spacial score (nSPS) is 16.5. The van der Waals surface area contributed by atoms with Crippen LogP contribution in [0.1, 0.15) is 0 Å². The molecule has 1 aliphatic rings. The van der Waals surface area contributed by atoms with Gasteiger partial charge in [-0.15, -0.1) is 0 Å². The maximum atomic E-state index is 7.77. The third-order valence-corrected chi connectivity index (χ3v) is 21.2. The molecule has 0 spiro atoms. The van der Waals surface area contributed by atoms with Crippen LogP contribution in [0.5, 0.6) is 0 Å². The molecule has 7 heteroatoms. The zero-order valence-corrected chi connectivity index (χ0v) is 26.5. The summed E-state index contributed by atoms with van der Waals surface area (Å²) in [4.78, 5) is 0. The van der Waals surface area contributed by atoms with E-state index in [-0.39, 0.29) is 4.70 Å². The Labute approximate surface area is 255 Å². The molecule has 1 saturated heterocycles. The van der Waals surface area contributed by atoms with Crippen molar-refractivity contribution in [1.29, 1.82) is 0 Å². The molecule has 212 valence electrons. The first kappa shape index (κ1) is 28.9. The number of halogens is 1. The lowest BCUT2D eigenvalue weighted by Gasteiger charge is -2.53. The Morgan fingerprint density at radius 1 is 0.233 bits per heavy atom. The summed E-state index contributed by atoms with van der Waals surface area (Å²) in [5, 5.41) is 6.37. The molecule has 0 radical (unpaired) electrons. The van der Waals surface area contributed by atoms with Gasteiger partial charge in [0.1, 0.15) is 0 Å². The van der Waals surface area contributed by atoms with Crippen molar-refractivity contribution < 1.29 is 17.0 Å². The van der Waals surface area contributed by atoms with E-state index in [4.69, 9.17) is 12.3 Å². The SMILES string of the molecule is F.c1ccc([Si]2(c3ccccc3)O[Si](c3ccccc3)(c3ccccc3)O[Si](c3ccccc3)(c3ccccc3)O2)cc1. The smallest absolute Gasteiger partial charge is 0.390 e. The molecule has 1 heterocycles. The summed E-state index contributed by atoms with van der Waals surface area (Å²) in [6.07, 6.45) is 0. The van der Waals surface area contributed by atoms with Gasteiger partial charge >= 0.3 is 25.7 Å². The van der Waals surface area contributed by atoms with Gasteiger partial charge in [-0.1, -0.05) is 182 Å². The van der Waals surface area contributed by atoms with Gasteiger partial charge in [-0.25, -0.2) is 0 Å². The van der Waals surface area contributed by atoms with E-state index in [1.807, 2.05) is 36.4 Å². The van der Waals surface area contributed by atoms with Crippen molar-refractivity contribution in [3.8, 4) is 0 Å². The number of hydrogen-bond acceptors (Lipinski definition) is 3. The summed E-state index contributed by atoms with van der Waals surface area (Å²) in [6, 6.07) is 63.2. The van der Waals surface area contributed by atoms with Gasteiger partial charge in [0.25, 0.3) is 0 Å². The highest BCUT2D eigenvalue weighted by Gasteiger charge is 2.67. The Hall–Kier alpha value is -4.22. The Morgan fingerprint density at radius 3 is 0.512 bits per heavy atom.